The monoisotopic (exact) mass is 300 g/mol. The highest BCUT2D eigenvalue weighted by Gasteiger charge is 2.09. The molecule has 0 radical (unpaired) electrons. The number of aromatic amines is 1. The zero-order valence-electron chi connectivity index (χ0n) is 12.7. The van der Waals surface area contributed by atoms with Gasteiger partial charge < -0.3 is 10.3 Å². The van der Waals surface area contributed by atoms with Crippen LogP contribution in [0.25, 0.3) is 22.3 Å². The molecule has 2 aromatic heterocycles. The Morgan fingerprint density at radius 3 is 2.48 bits per heavy atom. The fourth-order valence-electron chi connectivity index (χ4n) is 2.59. The highest BCUT2D eigenvalue weighted by molar-refractivity contribution is 5.92. The molecular weight excluding hydrogens is 284 g/mol. The maximum absolute atomic E-state index is 4.38. The maximum atomic E-state index is 4.38. The van der Waals surface area contributed by atoms with E-state index < -0.39 is 0 Å². The Labute approximate surface area is 134 Å². The Kier molecular flexibility index (Phi) is 3.27. The van der Waals surface area contributed by atoms with E-state index in [0.717, 1.165) is 33.8 Å². The highest BCUT2D eigenvalue weighted by atomic mass is 15.0. The van der Waals surface area contributed by atoms with Gasteiger partial charge in [0.2, 0.25) is 0 Å². The molecule has 23 heavy (non-hydrogen) atoms. The normalized spacial score (nSPS) is 10.8. The topological polar surface area (TPSA) is 53.6 Å². The van der Waals surface area contributed by atoms with Gasteiger partial charge in [0.25, 0.3) is 0 Å². The lowest BCUT2D eigenvalue weighted by Gasteiger charge is -2.05. The summed E-state index contributed by atoms with van der Waals surface area (Å²) in [5, 5.41) is 4.33. The van der Waals surface area contributed by atoms with Crippen molar-refractivity contribution >= 4 is 22.5 Å². The van der Waals surface area contributed by atoms with Crippen LogP contribution < -0.4 is 5.32 Å². The molecule has 2 heterocycles. The van der Waals surface area contributed by atoms with Crippen LogP contribution in [-0.4, -0.2) is 15.0 Å². The molecule has 0 saturated heterocycles. The molecule has 2 N–H and O–H groups in total. The number of rotatable bonds is 3. The van der Waals surface area contributed by atoms with Crippen LogP contribution >= 0.6 is 0 Å². The first-order valence-electron chi connectivity index (χ1n) is 7.52. The predicted octanol–water partition coefficient (Wildman–Crippen LogP) is 4.68. The second-order valence-electron chi connectivity index (χ2n) is 5.52. The minimum atomic E-state index is 0.802. The lowest BCUT2D eigenvalue weighted by atomic mass is 10.1. The number of fused-ring (bicyclic) bond motifs is 1. The minimum absolute atomic E-state index is 0.802. The van der Waals surface area contributed by atoms with E-state index in [1.807, 2.05) is 30.3 Å². The molecule has 0 unspecified atom stereocenters. The number of hydrogen-bond donors (Lipinski definition) is 2. The summed E-state index contributed by atoms with van der Waals surface area (Å²) in [6.07, 6.45) is 1.57. The molecule has 0 bridgehead atoms. The van der Waals surface area contributed by atoms with E-state index in [2.05, 4.69) is 57.5 Å². The summed E-state index contributed by atoms with van der Waals surface area (Å²) in [5.41, 5.74) is 5.26. The molecule has 0 aliphatic rings. The summed E-state index contributed by atoms with van der Waals surface area (Å²) in [7, 11) is 0. The van der Waals surface area contributed by atoms with Crippen LogP contribution in [0, 0.1) is 6.92 Å². The highest BCUT2D eigenvalue weighted by Crippen LogP contribution is 2.28. The van der Waals surface area contributed by atoms with Crippen LogP contribution in [-0.2, 0) is 0 Å². The lowest BCUT2D eigenvalue weighted by molar-refractivity contribution is 1.20. The molecule has 4 nitrogen and oxygen atoms in total. The Balaban J connectivity index is 1.77. The van der Waals surface area contributed by atoms with E-state index in [9.17, 15) is 0 Å². The van der Waals surface area contributed by atoms with Crippen molar-refractivity contribution in [3.05, 3.63) is 72.6 Å². The van der Waals surface area contributed by atoms with Crippen LogP contribution in [0.4, 0.5) is 11.5 Å². The number of aryl methyl sites for hydroxylation is 1. The minimum Gasteiger partial charge on any atom is -0.340 e. The summed E-state index contributed by atoms with van der Waals surface area (Å²) in [6, 6.07) is 20.5. The van der Waals surface area contributed by atoms with Gasteiger partial charge in [0.05, 0.1) is 5.39 Å². The third-order valence-electron chi connectivity index (χ3n) is 3.82. The zero-order valence-corrected chi connectivity index (χ0v) is 12.7. The summed E-state index contributed by atoms with van der Waals surface area (Å²) >= 11 is 0. The van der Waals surface area contributed by atoms with Crippen molar-refractivity contribution in [3.63, 3.8) is 0 Å². The van der Waals surface area contributed by atoms with Gasteiger partial charge in [-0.05, 0) is 30.7 Å². The van der Waals surface area contributed by atoms with Crippen molar-refractivity contribution in [3.8, 4) is 11.3 Å². The molecule has 0 aliphatic carbocycles. The average Bonchev–Trinajstić information content (AvgIpc) is 3.02. The molecular formula is C19H16N4. The van der Waals surface area contributed by atoms with Gasteiger partial charge in [-0.1, -0.05) is 48.0 Å². The summed E-state index contributed by atoms with van der Waals surface area (Å²) < 4.78 is 0. The van der Waals surface area contributed by atoms with Crippen molar-refractivity contribution in [1.82, 2.24) is 15.0 Å². The van der Waals surface area contributed by atoms with Gasteiger partial charge in [-0.15, -0.1) is 0 Å². The van der Waals surface area contributed by atoms with E-state index >= 15 is 0 Å². The zero-order chi connectivity index (χ0) is 15.6. The number of nitrogens with zero attached hydrogens (tertiary/aromatic N) is 2. The number of hydrogen-bond acceptors (Lipinski definition) is 3. The molecule has 0 saturated carbocycles. The van der Waals surface area contributed by atoms with Crippen LogP contribution in [0.3, 0.4) is 0 Å². The summed E-state index contributed by atoms with van der Waals surface area (Å²) in [5.74, 6) is 0.802. The second-order valence-corrected chi connectivity index (χ2v) is 5.52. The first-order chi connectivity index (χ1) is 11.3. The van der Waals surface area contributed by atoms with Gasteiger partial charge in [-0.2, -0.15) is 0 Å². The van der Waals surface area contributed by atoms with E-state index in [-0.39, 0.29) is 0 Å². The molecule has 4 aromatic rings. The lowest BCUT2D eigenvalue weighted by Crippen LogP contribution is -1.94. The molecule has 0 spiro atoms. The molecule has 112 valence electrons. The molecule has 2 aromatic carbocycles. The third-order valence-corrected chi connectivity index (χ3v) is 3.82. The predicted molar refractivity (Wildman–Crippen MR) is 93.8 cm³/mol. The molecule has 4 heteroatoms. The van der Waals surface area contributed by atoms with Gasteiger partial charge in [0.15, 0.2) is 0 Å². The Morgan fingerprint density at radius 2 is 1.70 bits per heavy atom. The Hall–Kier alpha value is -3.14. The maximum Gasteiger partial charge on any atom is 0.143 e. The number of anilines is 2. The number of para-hydroxylation sites is 1. The van der Waals surface area contributed by atoms with Gasteiger partial charge in [-0.25, -0.2) is 9.97 Å². The molecule has 0 fully saturated rings. The molecule has 4 rings (SSSR count). The van der Waals surface area contributed by atoms with Gasteiger partial charge in [-0.3, -0.25) is 0 Å². The van der Waals surface area contributed by atoms with Crippen LogP contribution in [0.5, 0.6) is 0 Å². The fraction of sp³-hybridized carbons (Fsp3) is 0.0526. The number of H-pyrrole nitrogens is 1. The van der Waals surface area contributed by atoms with E-state index in [1.54, 1.807) is 6.33 Å². The quantitative estimate of drug-likeness (QED) is 0.577. The van der Waals surface area contributed by atoms with Gasteiger partial charge in [0, 0.05) is 11.4 Å². The number of nitrogens with one attached hydrogen (secondary N) is 2. The average molecular weight is 300 g/mol. The van der Waals surface area contributed by atoms with Crippen molar-refractivity contribution in [2.45, 2.75) is 6.92 Å². The molecule has 0 aliphatic heterocycles. The Morgan fingerprint density at radius 1 is 0.913 bits per heavy atom. The SMILES string of the molecule is Cc1ccc(-c2cc3c(Nc4ccccc4)ncnc3[nH]2)cc1. The van der Waals surface area contributed by atoms with E-state index in [1.165, 1.54) is 5.56 Å². The van der Waals surface area contributed by atoms with Crippen LogP contribution in [0.2, 0.25) is 0 Å². The second kappa shape index (κ2) is 5.57. The van der Waals surface area contributed by atoms with Crippen molar-refractivity contribution in [2.24, 2.45) is 0 Å². The third kappa shape index (κ3) is 2.66. The summed E-state index contributed by atoms with van der Waals surface area (Å²) in [4.78, 5) is 12.1. The van der Waals surface area contributed by atoms with Gasteiger partial charge >= 0.3 is 0 Å². The first-order valence-corrected chi connectivity index (χ1v) is 7.52. The van der Waals surface area contributed by atoms with Crippen LogP contribution in [0.15, 0.2) is 67.0 Å². The smallest absolute Gasteiger partial charge is 0.143 e. The summed E-state index contributed by atoms with van der Waals surface area (Å²) in [6.45, 7) is 2.09. The van der Waals surface area contributed by atoms with Crippen LogP contribution in [0.1, 0.15) is 5.56 Å². The molecule has 0 atom stereocenters. The first kappa shape index (κ1) is 13.5. The number of aromatic nitrogens is 3. The van der Waals surface area contributed by atoms with E-state index in [0.29, 0.717) is 0 Å². The van der Waals surface area contributed by atoms with Crippen molar-refractivity contribution < 1.29 is 0 Å². The number of benzene rings is 2. The van der Waals surface area contributed by atoms with Crippen molar-refractivity contribution in [2.75, 3.05) is 5.32 Å². The standard InChI is InChI=1S/C19H16N4/c1-13-7-9-14(10-8-13)17-11-16-18(20-12-21-19(16)23-17)22-15-5-3-2-4-6-15/h2-12H,1H3,(H2,20,21,22,23). The van der Waals surface area contributed by atoms with Crippen molar-refractivity contribution in [1.29, 1.82) is 0 Å². The Bertz CT molecular complexity index is 940. The van der Waals surface area contributed by atoms with Gasteiger partial charge in [0.1, 0.15) is 17.8 Å². The molecule has 0 amide bonds. The fourth-order valence-corrected chi connectivity index (χ4v) is 2.59. The van der Waals surface area contributed by atoms with E-state index in [4.69, 9.17) is 0 Å². The largest absolute Gasteiger partial charge is 0.340 e.